The first kappa shape index (κ1) is 29.1. The molecule has 2 aliphatic carbocycles. The number of carboxylic acids is 1. The molecular weight excluding hydrogens is 530 g/mol. The van der Waals surface area contributed by atoms with E-state index in [-0.39, 0.29) is 17.9 Å². The highest BCUT2D eigenvalue weighted by Crippen LogP contribution is 2.52. The zero-order chi connectivity index (χ0) is 29.6. The molecule has 1 amide bonds. The van der Waals surface area contributed by atoms with Crippen molar-refractivity contribution in [1.29, 1.82) is 0 Å². The fraction of sp³-hybridized carbons (Fsp3) is 0.618. The van der Waals surface area contributed by atoms with E-state index in [4.69, 9.17) is 9.47 Å². The molecule has 4 aliphatic rings. The second-order valence-electron chi connectivity index (χ2n) is 13.7. The fourth-order valence-corrected chi connectivity index (χ4v) is 7.56. The minimum atomic E-state index is -0.988. The topological polar surface area (TPSA) is 101 Å². The number of aliphatic carboxylic acids is 1. The Morgan fingerprint density at radius 2 is 1.81 bits per heavy atom. The monoisotopic (exact) mass is 575 g/mol. The molecule has 2 N–H and O–H groups in total. The SMILES string of the molecule is COc1ncc(C2CCC2)cc1CN[C@H]1[C@H](C(C)(C)C)[C@@H](C(=O)O)N(C(=O)[C@@H]2CCCO2)[C@H]1c1ccccc1C1CC1. The molecule has 4 fully saturated rings. The molecule has 3 heterocycles. The minimum absolute atomic E-state index is 0.208. The van der Waals surface area contributed by atoms with Gasteiger partial charge in [-0.05, 0) is 78.5 Å². The van der Waals surface area contributed by atoms with Gasteiger partial charge in [0.2, 0.25) is 5.88 Å². The lowest BCUT2D eigenvalue weighted by molar-refractivity contribution is -0.156. The molecule has 0 spiro atoms. The molecule has 0 bridgehead atoms. The van der Waals surface area contributed by atoms with Gasteiger partial charge in [-0.3, -0.25) is 4.79 Å². The molecule has 6 rings (SSSR count). The predicted octanol–water partition coefficient (Wildman–Crippen LogP) is 5.57. The summed E-state index contributed by atoms with van der Waals surface area (Å²) in [5.41, 5.74) is 4.06. The van der Waals surface area contributed by atoms with E-state index >= 15 is 0 Å². The van der Waals surface area contributed by atoms with Crippen LogP contribution in [0.1, 0.15) is 106 Å². The molecule has 2 saturated carbocycles. The summed E-state index contributed by atoms with van der Waals surface area (Å²) < 4.78 is 11.5. The van der Waals surface area contributed by atoms with Gasteiger partial charge < -0.3 is 24.8 Å². The van der Waals surface area contributed by atoms with Crippen LogP contribution >= 0.6 is 0 Å². The van der Waals surface area contributed by atoms with Crippen LogP contribution < -0.4 is 10.1 Å². The predicted molar refractivity (Wildman–Crippen MR) is 159 cm³/mol. The Morgan fingerprint density at radius 1 is 1.07 bits per heavy atom. The molecule has 0 unspecified atom stereocenters. The van der Waals surface area contributed by atoms with Crippen molar-refractivity contribution < 1.29 is 24.2 Å². The smallest absolute Gasteiger partial charge is 0.326 e. The van der Waals surface area contributed by atoms with Crippen LogP contribution in [0.25, 0.3) is 0 Å². The number of carboxylic acid groups (broad SMARTS) is 1. The lowest BCUT2D eigenvalue weighted by Gasteiger charge is -2.35. The number of hydrogen-bond donors (Lipinski definition) is 2. The van der Waals surface area contributed by atoms with Crippen LogP contribution in [-0.4, -0.2) is 58.8 Å². The number of carbonyl (C=O) groups excluding carboxylic acids is 1. The Bertz CT molecular complexity index is 1310. The number of methoxy groups -OCH3 is 1. The first-order valence-corrected chi connectivity index (χ1v) is 15.7. The standard InChI is InChI=1S/C34H45N3O5/c1-34(2,3)27-28(35-19-23-17-22(20-9-7-10-20)18-36-31(23)41-4)29(25-12-6-5-11-24(25)21-14-15-21)37(30(27)33(39)40)32(38)26-13-8-16-42-26/h5-6,11-12,17-18,20-21,26-30,35H,7-10,13-16,19H2,1-4H3,(H,39,40)/t26-,27-,28-,29-,30-/m0/s1. The summed E-state index contributed by atoms with van der Waals surface area (Å²) in [6, 6.07) is 8.78. The number of hydrogen-bond acceptors (Lipinski definition) is 6. The molecule has 8 heteroatoms. The quantitative estimate of drug-likeness (QED) is 0.403. The van der Waals surface area contributed by atoms with Crippen molar-refractivity contribution in [2.45, 2.75) is 108 Å². The van der Waals surface area contributed by atoms with Crippen molar-refractivity contribution in [2.75, 3.05) is 13.7 Å². The van der Waals surface area contributed by atoms with Gasteiger partial charge in [-0.15, -0.1) is 0 Å². The molecule has 1 aromatic carbocycles. The summed E-state index contributed by atoms with van der Waals surface area (Å²) in [6.45, 7) is 7.26. The number of pyridine rings is 1. The largest absolute Gasteiger partial charge is 0.481 e. The van der Waals surface area contributed by atoms with Gasteiger partial charge in [-0.1, -0.05) is 51.5 Å². The number of likely N-dealkylation sites (tertiary alicyclic amines) is 1. The number of rotatable bonds is 9. The Labute approximate surface area is 249 Å². The number of benzene rings is 1. The van der Waals surface area contributed by atoms with Crippen LogP contribution in [0.15, 0.2) is 36.5 Å². The number of aromatic nitrogens is 1. The number of carbonyl (C=O) groups is 2. The van der Waals surface area contributed by atoms with Gasteiger partial charge in [0, 0.05) is 36.9 Å². The van der Waals surface area contributed by atoms with E-state index in [1.165, 1.54) is 30.4 Å². The highest BCUT2D eigenvalue weighted by molar-refractivity contribution is 5.88. The zero-order valence-corrected chi connectivity index (χ0v) is 25.3. The van der Waals surface area contributed by atoms with Crippen molar-refractivity contribution in [1.82, 2.24) is 15.2 Å². The van der Waals surface area contributed by atoms with Gasteiger partial charge in [0.1, 0.15) is 12.1 Å². The van der Waals surface area contributed by atoms with Crippen LogP contribution in [0, 0.1) is 11.3 Å². The van der Waals surface area contributed by atoms with Gasteiger partial charge in [0.05, 0.1) is 13.2 Å². The summed E-state index contributed by atoms with van der Waals surface area (Å²) in [7, 11) is 1.64. The highest BCUT2D eigenvalue weighted by Gasteiger charge is 2.59. The summed E-state index contributed by atoms with van der Waals surface area (Å²) >= 11 is 0. The highest BCUT2D eigenvalue weighted by atomic mass is 16.5. The fourth-order valence-electron chi connectivity index (χ4n) is 7.56. The Balaban J connectivity index is 1.44. The summed E-state index contributed by atoms with van der Waals surface area (Å²) in [5, 5.41) is 14.6. The van der Waals surface area contributed by atoms with Crippen molar-refractivity contribution in [2.24, 2.45) is 11.3 Å². The van der Waals surface area contributed by atoms with Gasteiger partial charge in [0.25, 0.3) is 5.91 Å². The van der Waals surface area contributed by atoms with Crippen LogP contribution in [-0.2, 0) is 20.9 Å². The molecule has 2 saturated heterocycles. The molecule has 2 aliphatic heterocycles. The van der Waals surface area contributed by atoms with Crippen LogP contribution in [0.5, 0.6) is 5.88 Å². The van der Waals surface area contributed by atoms with Crippen molar-refractivity contribution in [3.63, 3.8) is 0 Å². The van der Waals surface area contributed by atoms with Crippen molar-refractivity contribution >= 4 is 11.9 Å². The van der Waals surface area contributed by atoms with Crippen molar-refractivity contribution in [3.05, 3.63) is 58.8 Å². The number of amides is 1. The van der Waals surface area contributed by atoms with Gasteiger partial charge in [0.15, 0.2) is 0 Å². The second kappa shape index (κ2) is 11.6. The second-order valence-corrected chi connectivity index (χ2v) is 13.7. The first-order chi connectivity index (χ1) is 20.2. The Kier molecular flexibility index (Phi) is 8.05. The average Bonchev–Trinajstić information content (AvgIpc) is 3.50. The maximum absolute atomic E-state index is 14.3. The molecule has 2 aromatic rings. The zero-order valence-electron chi connectivity index (χ0n) is 25.3. The normalized spacial score (nSPS) is 28.1. The third kappa shape index (κ3) is 5.44. The van der Waals surface area contributed by atoms with Crippen LogP contribution in [0.2, 0.25) is 0 Å². The molecule has 1 aromatic heterocycles. The van der Waals surface area contributed by atoms with Gasteiger partial charge in [-0.2, -0.15) is 0 Å². The van der Waals surface area contributed by atoms with E-state index in [1.54, 1.807) is 12.0 Å². The van der Waals surface area contributed by atoms with E-state index in [1.807, 2.05) is 12.3 Å². The van der Waals surface area contributed by atoms with Gasteiger partial charge in [-0.25, -0.2) is 9.78 Å². The van der Waals surface area contributed by atoms with Crippen molar-refractivity contribution in [3.8, 4) is 5.88 Å². The number of nitrogens with one attached hydrogen (secondary N) is 1. The van der Waals surface area contributed by atoms with Crippen LogP contribution in [0.3, 0.4) is 0 Å². The average molecular weight is 576 g/mol. The molecule has 0 radical (unpaired) electrons. The maximum atomic E-state index is 14.3. The molecule has 8 nitrogen and oxygen atoms in total. The third-order valence-electron chi connectivity index (χ3n) is 9.96. The summed E-state index contributed by atoms with van der Waals surface area (Å²) in [4.78, 5) is 33.8. The third-order valence-corrected chi connectivity index (χ3v) is 9.96. The van der Waals surface area contributed by atoms with E-state index < -0.39 is 29.6 Å². The maximum Gasteiger partial charge on any atom is 0.326 e. The van der Waals surface area contributed by atoms with Crippen LogP contribution in [0.4, 0.5) is 0 Å². The number of nitrogens with zero attached hydrogens (tertiary/aromatic N) is 2. The van der Waals surface area contributed by atoms with E-state index in [0.717, 1.165) is 30.4 Å². The van der Waals surface area contributed by atoms with E-state index in [0.29, 0.717) is 37.3 Å². The lowest BCUT2D eigenvalue weighted by atomic mass is 9.72. The first-order valence-electron chi connectivity index (χ1n) is 15.7. The number of ether oxygens (including phenoxy) is 2. The summed E-state index contributed by atoms with van der Waals surface area (Å²) in [6.07, 6.45) is 8.57. The molecule has 5 atom stereocenters. The van der Waals surface area contributed by atoms with Gasteiger partial charge >= 0.3 is 5.97 Å². The molecule has 42 heavy (non-hydrogen) atoms. The Hall–Kier alpha value is -2.97. The van der Waals surface area contributed by atoms with E-state index in [9.17, 15) is 14.7 Å². The molecular formula is C34H45N3O5. The summed E-state index contributed by atoms with van der Waals surface area (Å²) in [5.74, 6) is 0.0252. The molecule has 226 valence electrons. The van der Waals surface area contributed by atoms with E-state index in [2.05, 4.69) is 55.3 Å². The Morgan fingerprint density at radius 3 is 2.38 bits per heavy atom. The minimum Gasteiger partial charge on any atom is -0.481 e. The lowest BCUT2D eigenvalue weighted by Crippen LogP contribution is -2.50.